The first-order valence-corrected chi connectivity index (χ1v) is 35.5. The van der Waals surface area contributed by atoms with E-state index in [0.717, 1.165) is 27.7 Å². The van der Waals surface area contributed by atoms with Gasteiger partial charge in [0.05, 0.1) is 59.0 Å². The number of nitrogens with one attached hydrogen (secondary N) is 4. The Bertz CT molecular complexity index is 2950. The lowest BCUT2D eigenvalue weighted by molar-refractivity contribution is -0.407. The molecule has 9 rings (SSSR count). The van der Waals surface area contributed by atoms with Gasteiger partial charge in [0.15, 0.2) is 56.6 Å². The molecule has 9 aliphatic heterocycles. The molecule has 0 spiro atoms. The minimum Gasteiger partial charge on any atom is -0.394 e. The summed E-state index contributed by atoms with van der Waals surface area (Å²) in [5.74, 6) is -3.74. The van der Waals surface area contributed by atoms with Crippen LogP contribution in [0.1, 0.15) is 34.6 Å². The SMILES string of the molecule is CC(=O)N[C@H]1[C@H](O[C@H]2[C@H](O)[C@@H](NC(C)=O)C(O)O[C@@H]2CO[C@@H]2O[C@@H](C)[C@@H](O)[C@@H](O)[C@@H]2O)O[C@H](CO)[C@@H](O[C@@H]2O[C@H](CO[C@H]3O[C@H](CO)[C@@H](O)[C@H](O)[C@@H]3O)[C@@H](O[C@@H]3O[C@H](CO)[C@@H](O)[C@H](O)[C@H]3NC(C)=O)[C@H](O[C@H]3O[C@H](CO)[C@@H](O)[C@H](O)[C@@H]3O[C@@H]3O[C@H](CO)[C@@H](O[C@@H]4O[C@H](CO)[C@H](O)[C@H](O)[C@H]4O)[C@H](O)[C@H]3NC(C)=O)[C@@H]2O)[C@@H]1O. The summed E-state index contributed by atoms with van der Waals surface area (Å²) in [5.41, 5.74) is 0. The molecule has 0 radical (unpaired) electrons. The monoisotopic (exact) mass is 1620 g/mol. The summed E-state index contributed by atoms with van der Waals surface area (Å²) < 4.78 is 102. The Morgan fingerprint density at radius 2 is 0.541 bits per heavy atom. The Balaban J connectivity index is 1.11. The zero-order valence-electron chi connectivity index (χ0n) is 59.9. The van der Waals surface area contributed by atoms with E-state index in [0.29, 0.717) is 0 Å². The van der Waals surface area contributed by atoms with E-state index in [1.165, 1.54) is 6.92 Å². The van der Waals surface area contributed by atoms with Gasteiger partial charge in [-0.25, -0.2) is 0 Å². The first-order chi connectivity index (χ1) is 52.4. The molecule has 642 valence electrons. The highest BCUT2D eigenvalue weighted by atomic mass is 16.8. The molecule has 1 unspecified atom stereocenters. The third-order valence-electron chi connectivity index (χ3n) is 20.3. The summed E-state index contributed by atoms with van der Waals surface area (Å²) in [5, 5.41) is 276. The fourth-order valence-electron chi connectivity index (χ4n) is 14.3. The minimum atomic E-state index is -2.67. The van der Waals surface area contributed by atoms with Gasteiger partial charge >= 0.3 is 0 Å². The zero-order valence-corrected chi connectivity index (χ0v) is 59.9. The predicted octanol–water partition coefficient (Wildman–Crippen LogP) is -19.0. The van der Waals surface area contributed by atoms with Gasteiger partial charge in [-0.15, -0.1) is 0 Å². The maximum atomic E-state index is 13.3. The number of rotatable bonds is 28. The highest BCUT2D eigenvalue weighted by Crippen LogP contribution is 2.41. The fourth-order valence-corrected chi connectivity index (χ4v) is 14.3. The van der Waals surface area contributed by atoms with Gasteiger partial charge in [-0.1, -0.05) is 0 Å². The second kappa shape index (κ2) is 39.7. The smallest absolute Gasteiger partial charge is 0.217 e. The molecule has 0 saturated carbocycles. The Morgan fingerprint density at radius 1 is 0.252 bits per heavy atom. The molecule has 49 heteroatoms. The van der Waals surface area contributed by atoms with Crippen molar-refractivity contribution in [1.82, 2.24) is 21.3 Å². The molecule has 111 heavy (non-hydrogen) atoms. The van der Waals surface area contributed by atoms with E-state index in [2.05, 4.69) is 21.3 Å². The average molecular weight is 1630 g/mol. The average Bonchev–Trinajstić information content (AvgIpc) is 0.760. The largest absolute Gasteiger partial charge is 0.394 e. The van der Waals surface area contributed by atoms with Gasteiger partial charge in [0, 0.05) is 27.7 Å². The summed E-state index contributed by atoms with van der Waals surface area (Å²) in [7, 11) is 0. The van der Waals surface area contributed by atoms with Gasteiger partial charge in [-0.3, -0.25) is 19.2 Å². The quantitative estimate of drug-likeness (QED) is 0.0346. The van der Waals surface area contributed by atoms with Crippen LogP contribution in [0.3, 0.4) is 0 Å². The van der Waals surface area contributed by atoms with Gasteiger partial charge < -0.3 is 224 Å². The van der Waals surface area contributed by atoms with Crippen LogP contribution in [0.2, 0.25) is 0 Å². The highest BCUT2D eigenvalue weighted by Gasteiger charge is 2.61. The maximum absolute atomic E-state index is 13.3. The van der Waals surface area contributed by atoms with E-state index in [1.54, 1.807) is 0 Å². The molecule has 9 saturated heterocycles. The molecule has 4 amide bonds. The first kappa shape index (κ1) is 91.1. The third-order valence-corrected chi connectivity index (χ3v) is 20.3. The van der Waals surface area contributed by atoms with Gasteiger partial charge in [-0.2, -0.15) is 0 Å². The van der Waals surface area contributed by atoms with Crippen LogP contribution in [0.5, 0.6) is 0 Å². The summed E-state index contributed by atoms with van der Waals surface area (Å²) in [4.78, 5) is 51.6. The molecule has 9 aliphatic rings. The number of ether oxygens (including phenoxy) is 17. The number of carbonyl (C=O) groups excluding carboxylic acids is 4. The lowest BCUT2D eigenvalue weighted by Crippen LogP contribution is -2.71. The molecule has 9 heterocycles. The van der Waals surface area contributed by atoms with Crippen LogP contribution in [0.4, 0.5) is 0 Å². The number of aliphatic hydroxyl groups is 24. The van der Waals surface area contributed by atoms with Crippen molar-refractivity contribution >= 4 is 23.6 Å². The van der Waals surface area contributed by atoms with E-state index in [9.17, 15) is 142 Å². The summed E-state index contributed by atoms with van der Waals surface area (Å²) >= 11 is 0. The molecular formula is C62H104N4O45. The van der Waals surface area contributed by atoms with E-state index in [1.807, 2.05) is 0 Å². The lowest BCUT2D eigenvalue weighted by atomic mass is 9.93. The molecule has 49 nitrogen and oxygen atoms in total. The predicted molar refractivity (Wildman–Crippen MR) is 342 cm³/mol. The first-order valence-electron chi connectivity index (χ1n) is 35.5. The van der Waals surface area contributed by atoms with Crippen LogP contribution in [-0.2, 0) is 99.7 Å². The van der Waals surface area contributed by atoms with Crippen molar-refractivity contribution in [3.63, 3.8) is 0 Å². The Morgan fingerprint density at radius 3 is 0.991 bits per heavy atom. The van der Waals surface area contributed by atoms with Crippen LogP contribution in [0.15, 0.2) is 0 Å². The van der Waals surface area contributed by atoms with E-state index in [-0.39, 0.29) is 0 Å². The maximum Gasteiger partial charge on any atom is 0.217 e. The fraction of sp³-hybridized carbons (Fsp3) is 0.935. The summed E-state index contributed by atoms with van der Waals surface area (Å²) in [6.07, 6.45) is -85.0. The van der Waals surface area contributed by atoms with Crippen molar-refractivity contribution in [2.75, 3.05) is 52.9 Å². The minimum absolute atomic E-state index is 0.836. The van der Waals surface area contributed by atoms with E-state index >= 15 is 0 Å². The third kappa shape index (κ3) is 20.3. The van der Waals surface area contributed by atoms with Gasteiger partial charge in [0.25, 0.3) is 0 Å². The molecule has 0 aliphatic carbocycles. The normalized spacial score (nSPS) is 49.3. The highest BCUT2D eigenvalue weighted by molar-refractivity contribution is 5.74. The number of carbonyl (C=O) groups is 4. The number of hydrogen-bond acceptors (Lipinski definition) is 45. The molecule has 0 bridgehead atoms. The standard InChI is InChI=1S/C62H104N4O45/c1-14-31(77)40(86)44(90)58(97-14)95-12-25-50(37(83)27(54(94)98-25)63-15(2)73)106-56-29(65-17(4)75)38(84)49(24(11-72)103-56)108-61-47(93)52(51(109-55-28(64-16(3)74)36(82)32(78)19(6-67)99-55)26(105-61)13-96-59-45(91)41(87)33(79)20(7-68)100-59)110-62-53(43(89)35(81)22(9-70)102-62)111-57-30(66-18(5)76)39(85)48(23(10-71)104-57)107-60-46(92)42(88)34(80)21(8-69)101-60/h14,19-62,67-72,77-94H,6-13H2,1-5H3,(H,63,73)(H,64,74)(H,65,75)(H,66,76)/t14-,19+,20+,21+,22+,23+,24+,25+,26+,27+,28+,29+,30+,31+,32+,33+,34-,35+,36+,37+,38+,39+,40+,41-,42-,43-,44-,45-,46+,47-,48+,49+,50+,51+,52+,53-,54?,55-,56-,57-,58+,59-,60-,61-,62+/m0/s1. The second-order valence-corrected chi connectivity index (χ2v) is 28.2. The van der Waals surface area contributed by atoms with Gasteiger partial charge in [0.2, 0.25) is 23.6 Å². The summed E-state index contributed by atoms with van der Waals surface area (Å²) in [6.45, 7) is -3.65. The van der Waals surface area contributed by atoms with E-state index in [4.69, 9.17) is 80.5 Å². The van der Waals surface area contributed by atoms with Crippen LogP contribution in [-0.4, -0.2) is 475 Å². The Kier molecular flexibility index (Phi) is 32.6. The van der Waals surface area contributed by atoms with Crippen molar-refractivity contribution < 1.29 is 222 Å². The van der Waals surface area contributed by atoms with E-state index < -0.39 is 353 Å². The van der Waals surface area contributed by atoms with Crippen LogP contribution >= 0.6 is 0 Å². The molecule has 45 atom stereocenters. The number of aliphatic hydroxyl groups excluding tert-OH is 24. The molecule has 0 aromatic rings. The van der Waals surface area contributed by atoms with Crippen molar-refractivity contribution in [2.45, 2.75) is 311 Å². The van der Waals surface area contributed by atoms with Crippen LogP contribution in [0.25, 0.3) is 0 Å². The van der Waals surface area contributed by atoms with Gasteiger partial charge in [-0.05, 0) is 6.92 Å². The Hall–Kier alpha value is -3.76. The summed E-state index contributed by atoms with van der Waals surface area (Å²) in [6, 6.07) is -7.69. The number of hydrogen-bond donors (Lipinski definition) is 28. The second-order valence-electron chi connectivity index (χ2n) is 28.2. The molecule has 28 N–H and O–H groups in total. The van der Waals surface area contributed by atoms with Crippen LogP contribution in [0, 0.1) is 0 Å². The van der Waals surface area contributed by atoms with Crippen LogP contribution < -0.4 is 21.3 Å². The molecule has 0 aromatic carbocycles. The van der Waals surface area contributed by atoms with Crippen molar-refractivity contribution in [2.24, 2.45) is 0 Å². The van der Waals surface area contributed by atoms with Crippen molar-refractivity contribution in [3.8, 4) is 0 Å². The molecule has 9 fully saturated rings. The molecular weight excluding hydrogens is 1520 g/mol. The Labute approximate surface area is 629 Å². The van der Waals surface area contributed by atoms with Crippen molar-refractivity contribution in [1.29, 1.82) is 0 Å². The number of amides is 4. The van der Waals surface area contributed by atoms with Crippen molar-refractivity contribution in [3.05, 3.63) is 0 Å². The van der Waals surface area contributed by atoms with Gasteiger partial charge in [0.1, 0.15) is 213 Å². The topological polar surface area (TPSA) is 759 Å². The lowest BCUT2D eigenvalue weighted by Gasteiger charge is -2.52. The zero-order chi connectivity index (χ0) is 81.8. The molecule has 0 aromatic heterocycles.